The molecule has 0 bridgehead atoms. The first kappa shape index (κ1) is 21.2. The second-order valence-electron chi connectivity index (χ2n) is 9.23. The lowest BCUT2D eigenvalue weighted by Crippen LogP contribution is -2.61. The Hall–Kier alpha value is -2.06. The second-order valence-corrected chi connectivity index (χ2v) is 9.23. The number of alkyl halides is 2. The van der Waals surface area contributed by atoms with E-state index >= 15 is 0 Å². The average molecular weight is 420 g/mol. The molecule has 3 heterocycles. The zero-order valence-electron chi connectivity index (χ0n) is 17.9. The number of pyridine rings is 1. The number of aryl methyl sites for hydroxylation is 1. The van der Waals surface area contributed by atoms with Gasteiger partial charge in [0.05, 0.1) is 23.3 Å². The molecule has 164 valence electrons. The molecule has 2 aromatic rings. The fourth-order valence-corrected chi connectivity index (χ4v) is 4.75. The van der Waals surface area contributed by atoms with E-state index < -0.39 is 11.5 Å². The van der Waals surface area contributed by atoms with Gasteiger partial charge in [0.25, 0.3) is 0 Å². The molecule has 1 atom stereocenters. The summed E-state index contributed by atoms with van der Waals surface area (Å²) in [5.74, 6) is -1.84. The van der Waals surface area contributed by atoms with E-state index in [9.17, 15) is 13.6 Å². The van der Waals surface area contributed by atoms with Crippen LogP contribution in [0.15, 0.2) is 24.5 Å². The lowest BCUT2D eigenvalue weighted by molar-refractivity contribution is -0.126. The molecule has 6 nitrogen and oxygen atoms in total. The van der Waals surface area contributed by atoms with E-state index in [1.807, 2.05) is 49.7 Å². The van der Waals surface area contributed by atoms with Crippen LogP contribution in [0.25, 0.3) is 5.52 Å². The summed E-state index contributed by atoms with van der Waals surface area (Å²) in [4.78, 5) is 19.9. The van der Waals surface area contributed by atoms with Crippen molar-refractivity contribution in [3.63, 3.8) is 0 Å². The van der Waals surface area contributed by atoms with Crippen LogP contribution in [-0.4, -0.2) is 57.8 Å². The summed E-state index contributed by atoms with van der Waals surface area (Å²) < 4.78 is 29.0. The molecule has 1 amide bonds. The number of rotatable bonds is 4. The Morgan fingerprint density at radius 2 is 2.07 bits per heavy atom. The highest BCUT2D eigenvalue weighted by Gasteiger charge is 2.39. The zero-order chi connectivity index (χ0) is 21.5. The molecule has 2 N–H and O–H groups in total. The Labute approximate surface area is 176 Å². The number of nitrogens with zero attached hydrogens (tertiary/aromatic N) is 3. The van der Waals surface area contributed by atoms with Gasteiger partial charge in [-0.3, -0.25) is 9.69 Å². The summed E-state index contributed by atoms with van der Waals surface area (Å²) >= 11 is 0. The number of amides is 1. The Bertz CT molecular complexity index is 915. The maximum absolute atomic E-state index is 13.5. The molecule has 0 radical (unpaired) electrons. The predicted molar refractivity (Wildman–Crippen MR) is 112 cm³/mol. The van der Waals surface area contributed by atoms with E-state index in [2.05, 4.69) is 20.5 Å². The van der Waals surface area contributed by atoms with Crippen LogP contribution in [0, 0.1) is 6.92 Å². The lowest BCUT2D eigenvalue weighted by atomic mass is 9.90. The highest BCUT2D eigenvalue weighted by molar-refractivity contribution is 5.83. The van der Waals surface area contributed by atoms with Gasteiger partial charge in [-0.2, -0.15) is 0 Å². The highest BCUT2D eigenvalue weighted by Crippen LogP contribution is 2.35. The van der Waals surface area contributed by atoms with Gasteiger partial charge in [0.15, 0.2) is 0 Å². The minimum Gasteiger partial charge on any atom is -0.343 e. The van der Waals surface area contributed by atoms with Gasteiger partial charge in [0, 0.05) is 44.7 Å². The van der Waals surface area contributed by atoms with E-state index in [0.717, 1.165) is 23.4 Å². The Balaban J connectivity index is 1.43. The number of fused-ring (bicyclic) bond motifs is 1. The number of carbonyl (C=O) groups is 1. The van der Waals surface area contributed by atoms with Crippen LogP contribution in [0.3, 0.4) is 0 Å². The molecule has 0 aromatic carbocycles. The first-order valence-corrected chi connectivity index (χ1v) is 10.8. The van der Waals surface area contributed by atoms with Gasteiger partial charge < -0.3 is 15.0 Å². The quantitative estimate of drug-likeness (QED) is 0.800. The minimum absolute atomic E-state index is 0.0577. The Morgan fingerprint density at radius 3 is 2.80 bits per heavy atom. The summed E-state index contributed by atoms with van der Waals surface area (Å²) in [5.41, 5.74) is 1.49. The number of hydrogen-bond acceptors (Lipinski definition) is 4. The van der Waals surface area contributed by atoms with E-state index in [1.165, 1.54) is 0 Å². The lowest BCUT2D eigenvalue weighted by Gasteiger charge is -2.41. The van der Waals surface area contributed by atoms with Crippen molar-refractivity contribution in [2.24, 2.45) is 0 Å². The van der Waals surface area contributed by atoms with Crippen molar-refractivity contribution in [3.05, 3.63) is 35.9 Å². The summed E-state index contributed by atoms with van der Waals surface area (Å²) in [6, 6.07) is 3.77. The molecule has 0 spiro atoms. The molecule has 1 saturated carbocycles. The van der Waals surface area contributed by atoms with Crippen LogP contribution >= 0.6 is 0 Å². The van der Waals surface area contributed by atoms with E-state index in [-0.39, 0.29) is 30.8 Å². The van der Waals surface area contributed by atoms with Gasteiger partial charge in [-0.25, -0.2) is 13.8 Å². The van der Waals surface area contributed by atoms with Gasteiger partial charge in [-0.05, 0) is 45.2 Å². The molecule has 1 aliphatic carbocycles. The summed E-state index contributed by atoms with van der Waals surface area (Å²) in [7, 11) is 0. The number of imidazole rings is 1. The molecular formula is C22H31F2N5O. The summed E-state index contributed by atoms with van der Waals surface area (Å²) in [5, 5.41) is 6.43. The normalized spacial score (nSPS) is 23.6. The highest BCUT2D eigenvalue weighted by atomic mass is 19.3. The van der Waals surface area contributed by atoms with Crippen molar-refractivity contribution >= 4 is 11.4 Å². The standard InChI is InChI=1S/C22H31F2N5O/c1-15-5-4-11-29-18(15)13-26-20(29)21(2,3)27-19(30)17-14-28(12-10-25-17)16-6-8-22(23,24)9-7-16/h4-5,11,13,16-17,25H,6-10,12,14H2,1-3H3,(H,27,30)/t17-/m0/s1. The number of nitrogens with one attached hydrogen (secondary N) is 2. The fraction of sp³-hybridized carbons (Fsp3) is 0.636. The minimum atomic E-state index is -2.53. The topological polar surface area (TPSA) is 61.7 Å². The molecule has 30 heavy (non-hydrogen) atoms. The van der Waals surface area contributed by atoms with Gasteiger partial charge in [-0.15, -0.1) is 0 Å². The van der Waals surface area contributed by atoms with Crippen molar-refractivity contribution in [1.82, 2.24) is 24.9 Å². The van der Waals surface area contributed by atoms with Crippen molar-refractivity contribution in [2.45, 2.75) is 70.0 Å². The van der Waals surface area contributed by atoms with Crippen molar-refractivity contribution in [1.29, 1.82) is 0 Å². The monoisotopic (exact) mass is 419 g/mol. The third kappa shape index (κ3) is 4.21. The second kappa shape index (κ2) is 7.89. The maximum atomic E-state index is 13.5. The first-order valence-electron chi connectivity index (χ1n) is 10.8. The molecular weight excluding hydrogens is 388 g/mol. The third-order valence-electron chi connectivity index (χ3n) is 6.50. The molecule has 4 rings (SSSR count). The number of carbonyl (C=O) groups excluding carboxylic acids is 1. The maximum Gasteiger partial charge on any atom is 0.248 e. The number of aromatic nitrogens is 2. The van der Waals surface area contributed by atoms with E-state index in [1.54, 1.807) is 0 Å². The molecule has 8 heteroatoms. The van der Waals surface area contributed by atoms with Gasteiger partial charge in [-0.1, -0.05) is 6.07 Å². The SMILES string of the molecule is Cc1cccn2c(C(C)(C)NC(=O)[C@@H]3CN(C4CCC(F)(F)CC4)CCN3)ncc12. The smallest absolute Gasteiger partial charge is 0.248 e. The number of hydrogen-bond donors (Lipinski definition) is 2. The van der Waals surface area contributed by atoms with Crippen molar-refractivity contribution < 1.29 is 13.6 Å². The van der Waals surface area contributed by atoms with Crippen LogP contribution in [0.5, 0.6) is 0 Å². The van der Waals surface area contributed by atoms with Gasteiger partial charge in [0.2, 0.25) is 11.8 Å². The third-order valence-corrected chi connectivity index (χ3v) is 6.50. The molecule has 1 aliphatic heterocycles. The summed E-state index contributed by atoms with van der Waals surface area (Å²) in [6.07, 6.45) is 4.66. The van der Waals surface area contributed by atoms with E-state index in [4.69, 9.17) is 0 Å². The largest absolute Gasteiger partial charge is 0.343 e. The molecule has 2 fully saturated rings. The predicted octanol–water partition coefficient (Wildman–Crippen LogP) is 2.85. The van der Waals surface area contributed by atoms with Crippen LogP contribution in [-0.2, 0) is 10.3 Å². The first-order chi connectivity index (χ1) is 14.2. The van der Waals surface area contributed by atoms with Gasteiger partial charge in [0.1, 0.15) is 5.82 Å². The molecule has 2 aliphatic rings. The number of piperazine rings is 1. The van der Waals surface area contributed by atoms with E-state index in [0.29, 0.717) is 25.9 Å². The van der Waals surface area contributed by atoms with Crippen LogP contribution in [0.1, 0.15) is 50.9 Å². The Morgan fingerprint density at radius 1 is 1.33 bits per heavy atom. The van der Waals surface area contributed by atoms with Crippen LogP contribution in [0.2, 0.25) is 0 Å². The molecule has 0 unspecified atom stereocenters. The van der Waals surface area contributed by atoms with Gasteiger partial charge >= 0.3 is 0 Å². The van der Waals surface area contributed by atoms with Crippen LogP contribution in [0.4, 0.5) is 8.78 Å². The zero-order valence-corrected chi connectivity index (χ0v) is 17.9. The van der Waals surface area contributed by atoms with Crippen molar-refractivity contribution in [3.8, 4) is 0 Å². The van der Waals surface area contributed by atoms with Crippen molar-refractivity contribution in [2.75, 3.05) is 19.6 Å². The number of halogens is 2. The fourth-order valence-electron chi connectivity index (χ4n) is 4.75. The Kier molecular flexibility index (Phi) is 5.57. The molecule has 2 aromatic heterocycles. The summed E-state index contributed by atoms with van der Waals surface area (Å²) in [6.45, 7) is 7.94. The van der Waals surface area contributed by atoms with Crippen LogP contribution < -0.4 is 10.6 Å². The average Bonchev–Trinajstić information content (AvgIpc) is 3.14. The molecule has 1 saturated heterocycles.